The molecule has 0 aliphatic heterocycles. The Hall–Kier alpha value is -2.69. The lowest BCUT2D eigenvalue weighted by molar-refractivity contribution is 0.102. The fourth-order valence-corrected chi connectivity index (χ4v) is 2.47. The number of carbonyl (C=O) groups is 1. The first kappa shape index (κ1) is 19.6. The van der Waals surface area contributed by atoms with Gasteiger partial charge in [-0.2, -0.15) is 0 Å². The normalized spacial score (nSPS) is 10.5. The van der Waals surface area contributed by atoms with E-state index in [1.165, 1.54) is 18.2 Å². The second kappa shape index (κ2) is 9.70. The van der Waals surface area contributed by atoms with Crippen LogP contribution in [0.4, 0.5) is 0 Å². The molecule has 2 aromatic rings. The molecule has 5 heteroatoms. The minimum Gasteiger partial charge on any atom is -0.507 e. The number of para-hydroxylation sites is 1. The highest BCUT2D eigenvalue weighted by Crippen LogP contribution is 2.39. The molecule has 2 rings (SSSR count). The average molecular weight is 358 g/mol. The minimum absolute atomic E-state index is 0.0107. The molecule has 0 saturated carbocycles. The Morgan fingerprint density at radius 1 is 0.885 bits per heavy atom. The van der Waals surface area contributed by atoms with Gasteiger partial charge in [0.25, 0.3) is 0 Å². The summed E-state index contributed by atoms with van der Waals surface area (Å²) in [5, 5.41) is 20.3. The number of aromatic hydroxyl groups is 2. The zero-order chi connectivity index (χ0) is 18.9. The van der Waals surface area contributed by atoms with Crippen LogP contribution in [0.15, 0.2) is 36.4 Å². The van der Waals surface area contributed by atoms with Crippen molar-refractivity contribution in [1.29, 1.82) is 0 Å². The highest BCUT2D eigenvalue weighted by molar-refractivity contribution is 6.14. The Morgan fingerprint density at radius 2 is 1.54 bits per heavy atom. The molecule has 0 bridgehead atoms. The first-order chi connectivity index (χ1) is 12.6. The van der Waals surface area contributed by atoms with Gasteiger partial charge in [-0.3, -0.25) is 4.79 Å². The lowest BCUT2D eigenvalue weighted by Crippen LogP contribution is -2.09. The molecule has 0 radical (unpaired) electrons. The maximum Gasteiger partial charge on any atom is 0.204 e. The van der Waals surface area contributed by atoms with Crippen LogP contribution in [0.25, 0.3) is 0 Å². The predicted molar refractivity (Wildman–Crippen MR) is 100 cm³/mol. The van der Waals surface area contributed by atoms with Crippen LogP contribution in [0.2, 0.25) is 0 Å². The minimum atomic E-state index is -0.506. The van der Waals surface area contributed by atoms with E-state index in [0.717, 1.165) is 25.7 Å². The summed E-state index contributed by atoms with van der Waals surface area (Å²) in [6.45, 7) is 5.01. The second-order valence-electron chi connectivity index (χ2n) is 6.04. The fourth-order valence-electron chi connectivity index (χ4n) is 2.47. The molecule has 2 N–H and O–H groups in total. The molecule has 2 aromatic carbocycles. The zero-order valence-corrected chi connectivity index (χ0v) is 15.3. The van der Waals surface area contributed by atoms with E-state index >= 15 is 0 Å². The Bertz CT molecular complexity index is 739. The topological polar surface area (TPSA) is 76.0 Å². The number of hydrogen-bond acceptors (Lipinski definition) is 5. The summed E-state index contributed by atoms with van der Waals surface area (Å²) >= 11 is 0. The highest BCUT2D eigenvalue weighted by atomic mass is 16.5. The van der Waals surface area contributed by atoms with Gasteiger partial charge in [0.2, 0.25) is 5.78 Å². The molecule has 0 amide bonds. The van der Waals surface area contributed by atoms with Crippen molar-refractivity contribution in [3.8, 4) is 23.0 Å². The largest absolute Gasteiger partial charge is 0.507 e. The molecule has 5 nitrogen and oxygen atoms in total. The molecule has 0 saturated heterocycles. The Kier molecular flexibility index (Phi) is 7.33. The van der Waals surface area contributed by atoms with E-state index in [1.807, 2.05) is 6.92 Å². The van der Waals surface area contributed by atoms with Crippen molar-refractivity contribution >= 4 is 5.78 Å². The van der Waals surface area contributed by atoms with Crippen LogP contribution in [-0.4, -0.2) is 29.2 Å². The van der Waals surface area contributed by atoms with Gasteiger partial charge in [0.05, 0.1) is 18.8 Å². The first-order valence-electron chi connectivity index (χ1n) is 9.04. The molecule has 0 aliphatic rings. The SMILES string of the molecule is CCCCOc1ccc(O)c(C(=O)c2ccccc2O)c1OCCCC. The number of benzene rings is 2. The van der Waals surface area contributed by atoms with Gasteiger partial charge in [0.1, 0.15) is 17.1 Å². The fraction of sp³-hybridized carbons (Fsp3) is 0.381. The zero-order valence-electron chi connectivity index (χ0n) is 15.3. The second-order valence-corrected chi connectivity index (χ2v) is 6.04. The molecular weight excluding hydrogens is 332 g/mol. The van der Waals surface area contributed by atoms with E-state index in [9.17, 15) is 15.0 Å². The maximum atomic E-state index is 13.0. The van der Waals surface area contributed by atoms with Crippen LogP contribution >= 0.6 is 0 Å². The number of hydrogen-bond donors (Lipinski definition) is 2. The highest BCUT2D eigenvalue weighted by Gasteiger charge is 2.25. The van der Waals surface area contributed by atoms with Crippen molar-refractivity contribution in [2.24, 2.45) is 0 Å². The average Bonchev–Trinajstić information content (AvgIpc) is 2.64. The van der Waals surface area contributed by atoms with Crippen LogP contribution in [-0.2, 0) is 0 Å². The standard InChI is InChI=1S/C21H26O5/c1-3-5-13-25-18-12-11-17(23)19(21(18)26-14-6-4-2)20(24)15-9-7-8-10-16(15)22/h7-12,22-23H,3-6,13-14H2,1-2H3. The van der Waals surface area contributed by atoms with Crippen molar-refractivity contribution in [3.05, 3.63) is 47.5 Å². The number of unbranched alkanes of at least 4 members (excludes halogenated alkanes) is 2. The van der Waals surface area contributed by atoms with E-state index in [-0.39, 0.29) is 28.4 Å². The van der Waals surface area contributed by atoms with Crippen molar-refractivity contribution in [1.82, 2.24) is 0 Å². The summed E-state index contributed by atoms with van der Waals surface area (Å²) in [6.07, 6.45) is 3.60. The molecule has 0 aromatic heterocycles. The maximum absolute atomic E-state index is 13.0. The van der Waals surface area contributed by atoms with Crippen LogP contribution < -0.4 is 9.47 Å². The van der Waals surface area contributed by atoms with Gasteiger partial charge in [-0.25, -0.2) is 0 Å². The molecule has 0 aliphatic carbocycles. The summed E-state index contributed by atoms with van der Waals surface area (Å²) in [4.78, 5) is 13.0. The molecule has 0 unspecified atom stereocenters. The first-order valence-corrected chi connectivity index (χ1v) is 9.04. The number of rotatable bonds is 10. The molecule has 26 heavy (non-hydrogen) atoms. The predicted octanol–water partition coefficient (Wildman–Crippen LogP) is 4.69. The van der Waals surface area contributed by atoms with Gasteiger partial charge in [-0.1, -0.05) is 38.8 Å². The monoisotopic (exact) mass is 358 g/mol. The summed E-state index contributed by atoms with van der Waals surface area (Å²) in [5.41, 5.74) is 0.116. The Morgan fingerprint density at radius 3 is 2.19 bits per heavy atom. The van der Waals surface area contributed by atoms with E-state index in [1.54, 1.807) is 18.2 Å². The third-order valence-corrected chi connectivity index (χ3v) is 3.98. The quantitative estimate of drug-likeness (QED) is 0.476. The van der Waals surface area contributed by atoms with Gasteiger partial charge in [0.15, 0.2) is 11.5 Å². The van der Waals surface area contributed by atoms with Crippen LogP contribution in [0.3, 0.4) is 0 Å². The van der Waals surface area contributed by atoms with Crippen molar-refractivity contribution in [2.75, 3.05) is 13.2 Å². The van der Waals surface area contributed by atoms with E-state index < -0.39 is 5.78 Å². The summed E-state index contributed by atoms with van der Waals surface area (Å²) in [7, 11) is 0. The molecule has 0 heterocycles. The van der Waals surface area contributed by atoms with Gasteiger partial charge in [-0.15, -0.1) is 0 Å². The lowest BCUT2D eigenvalue weighted by atomic mass is 10.00. The van der Waals surface area contributed by atoms with Crippen LogP contribution in [0.1, 0.15) is 55.5 Å². The van der Waals surface area contributed by atoms with Gasteiger partial charge in [0, 0.05) is 0 Å². The Balaban J connectivity index is 2.45. The van der Waals surface area contributed by atoms with E-state index in [0.29, 0.717) is 19.0 Å². The molecule has 140 valence electrons. The Labute approximate surface area is 154 Å². The van der Waals surface area contributed by atoms with Crippen LogP contribution in [0.5, 0.6) is 23.0 Å². The smallest absolute Gasteiger partial charge is 0.204 e. The van der Waals surface area contributed by atoms with Crippen molar-refractivity contribution in [3.63, 3.8) is 0 Å². The van der Waals surface area contributed by atoms with Crippen molar-refractivity contribution in [2.45, 2.75) is 39.5 Å². The van der Waals surface area contributed by atoms with Gasteiger partial charge >= 0.3 is 0 Å². The number of ketones is 1. The van der Waals surface area contributed by atoms with Gasteiger partial charge in [-0.05, 0) is 37.1 Å². The van der Waals surface area contributed by atoms with Crippen LogP contribution in [0, 0.1) is 0 Å². The summed E-state index contributed by atoms with van der Waals surface area (Å²) in [6, 6.07) is 9.26. The molecule has 0 fully saturated rings. The van der Waals surface area contributed by atoms with Gasteiger partial charge < -0.3 is 19.7 Å². The summed E-state index contributed by atoms with van der Waals surface area (Å²) < 4.78 is 11.6. The number of phenolic OH excluding ortho intramolecular Hbond substituents is 2. The number of phenols is 2. The lowest BCUT2D eigenvalue weighted by Gasteiger charge is -2.17. The van der Waals surface area contributed by atoms with E-state index in [4.69, 9.17) is 9.47 Å². The molecule has 0 atom stereocenters. The number of ether oxygens (including phenoxy) is 2. The number of carbonyl (C=O) groups excluding carboxylic acids is 1. The summed E-state index contributed by atoms with van der Waals surface area (Å²) in [5.74, 6) is -0.205. The molecular formula is C21H26O5. The van der Waals surface area contributed by atoms with E-state index in [2.05, 4.69) is 6.92 Å². The molecule has 0 spiro atoms. The van der Waals surface area contributed by atoms with Crippen molar-refractivity contribution < 1.29 is 24.5 Å². The third kappa shape index (κ3) is 4.69. The third-order valence-electron chi connectivity index (χ3n) is 3.98.